The lowest BCUT2D eigenvalue weighted by Gasteiger charge is -2.25. The molecule has 0 aliphatic heterocycles. The minimum Gasteiger partial charge on any atom is -0.333 e. The molecule has 2 N–H and O–H groups in total. The van der Waals surface area contributed by atoms with Crippen molar-refractivity contribution in [1.82, 2.24) is 9.80 Å². The van der Waals surface area contributed by atoms with E-state index in [0.717, 1.165) is 11.1 Å². The Morgan fingerprint density at radius 3 is 2.22 bits per heavy atom. The number of rotatable bonds is 7. The molecule has 0 aliphatic carbocycles. The van der Waals surface area contributed by atoms with Gasteiger partial charge in [0.1, 0.15) is 0 Å². The molecule has 2 aromatic rings. The van der Waals surface area contributed by atoms with E-state index < -0.39 is 10.0 Å². The highest BCUT2D eigenvalue weighted by Crippen LogP contribution is 2.21. The van der Waals surface area contributed by atoms with Crippen molar-refractivity contribution < 1.29 is 13.2 Å². The van der Waals surface area contributed by atoms with Crippen LogP contribution in [0.1, 0.15) is 27.0 Å². The van der Waals surface area contributed by atoms with Crippen molar-refractivity contribution >= 4 is 15.9 Å². The maximum absolute atomic E-state index is 13.2. The van der Waals surface area contributed by atoms with E-state index in [-0.39, 0.29) is 10.8 Å². The summed E-state index contributed by atoms with van der Waals surface area (Å²) in [4.78, 5) is 16.9. The molecule has 0 aliphatic rings. The van der Waals surface area contributed by atoms with Crippen LogP contribution in [0.2, 0.25) is 0 Å². The molecule has 0 radical (unpaired) electrons. The molecule has 0 fully saturated rings. The quantitative estimate of drug-likeness (QED) is 0.786. The molecular formula is C20H27N3O3S. The lowest BCUT2D eigenvalue weighted by atomic mass is 10.0. The second-order valence-electron chi connectivity index (χ2n) is 6.98. The molecule has 1 amide bonds. The predicted octanol–water partition coefficient (Wildman–Crippen LogP) is 2.15. The lowest BCUT2D eigenvalue weighted by Crippen LogP contribution is -2.36. The van der Waals surface area contributed by atoms with Crippen LogP contribution < -0.4 is 5.14 Å². The van der Waals surface area contributed by atoms with Crippen molar-refractivity contribution in [3.8, 4) is 0 Å². The average molecular weight is 390 g/mol. The molecule has 0 heterocycles. The first-order chi connectivity index (χ1) is 12.6. The van der Waals surface area contributed by atoms with Crippen molar-refractivity contribution in [2.45, 2.75) is 25.3 Å². The zero-order valence-electron chi connectivity index (χ0n) is 16.3. The van der Waals surface area contributed by atoms with Crippen LogP contribution in [0.4, 0.5) is 0 Å². The maximum atomic E-state index is 13.2. The Balaban J connectivity index is 2.40. The number of hydrogen-bond donors (Lipinski definition) is 1. The van der Waals surface area contributed by atoms with E-state index in [9.17, 15) is 13.2 Å². The first kappa shape index (κ1) is 21.1. The molecular weight excluding hydrogens is 362 g/mol. The van der Waals surface area contributed by atoms with Gasteiger partial charge >= 0.3 is 0 Å². The van der Waals surface area contributed by atoms with Gasteiger partial charge in [-0.2, -0.15) is 0 Å². The molecule has 7 heteroatoms. The number of amides is 1. The van der Waals surface area contributed by atoms with Crippen molar-refractivity contribution in [2.75, 3.05) is 27.2 Å². The molecule has 2 rings (SSSR count). The number of benzene rings is 2. The number of nitrogens with zero attached hydrogens (tertiary/aromatic N) is 2. The molecule has 27 heavy (non-hydrogen) atoms. The van der Waals surface area contributed by atoms with Crippen LogP contribution in [0.5, 0.6) is 0 Å². The first-order valence-corrected chi connectivity index (χ1v) is 10.3. The van der Waals surface area contributed by atoms with Crippen LogP contribution in [0, 0.1) is 13.8 Å². The van der Waals surface area contributed by atoms with Gasteiger partial charge in [0, 0.05) is 25.2 Å². The fourth-order valence-corrected chi connectivity index (χ4v) is 3.68. The molecule has 0 saturated carbocycles. The van der Waals surface area contributed by atoms with E-state index in [1.807, 2.05) is 49.3 Å². The standard InChI is InChI=1S/C20H27N3O3S/c1-15-12-18(13-19(16(15)2)27(21,25)26)20(24)23(11-10-22(3)4)14-17-8-6-5-7-9-17/h5-9,12-13H,10-11,14H2,1-4H3,(H2,21,25,26). The summed E-state index contributed by atoms with van der Waals surface area (Å²) in [6, 6.07) is 12.8. The van der Waals surface area contributed by atoms with Gasteiger partial charge < -0.3 is 9.80 Å². The predicted molar refractivity (Wildman–Crippen MR) is 107 cm³/mol. The van der Waals surface area contributed by atoms with Crippen molar-refractivity contribution in [3.05, 3.63) is 64.7 Å². The summed E-state index contributed by atoms with van der Waals surface area (Å²) < 4.78 is 23.8. The Kier molecular flexibility index (Phi) is 6.75. The van der Waals surface area contributed by atoms with Crippen LogP contribution >= 0.6 is 0 Å². The van der Waals surface area contributed by atoms with Gasteiger partial charge in [0.05, 0.1) is 4.90 Å². The average Bonchev–Trinajstić information content (AvgIpc) is 2.60. The lowest BCUT2D eigenvalue weighted by molar-refractivity contribution is 0.0731. The van der Waals surface area contributed by atoms with Gasteiger partial charge in [-0.05, 0) is 56.8 Å². The molecule has 0 atom stereocenters. The Labute approximate surface area is 161 Å². The fraction of sp³-hybridized carbons (Fsp3) is 0.350. The molecule has 0 saturated heterocycles. The van der Waals surface area contributed by atoms with Crippen LogP contribution in [-0.4, -0.2) is 51.3 Å². The van der Waals surface area contributed by atoms with E-state index in [0.29, 0.717) is 30.8 Å². The largest absolute Gasteiger partial charge is 0.333 e. The SMILES string of the molecule is Cc1cc(C(=O)N(CCN(C)C)Cc2ccccc2)cc(S(N)(=O)=O)c1C. The Hall–Kier alpha value is -2.22. The summed E-state index contributed by atoms with van der Waals surface area (Å²) in [6.45, 7) is 5.15. The number of likely N-dealkylation sites (N-methyl/N-ethyl adjacent to an activating group) is 1. The molecule has 0 unspecified atom stereocenters. The van der Waals surface area contributed by atoms with E-state index in [1.165, 1.54) is 6.07 Å². The highest BCUT2D eigenvalue weighted by atomic mass is 32.2. The minimum absolute atomic E-state index is 0.00174. The Bertz CT molecular complexity index is 910. The minimum atomic E-state index is -3.90. The van der Waals surface area contributed by atoms with Crippen molar-refractivity contribution in [3.63, 3.8) is 0 Å². The van der Waals surface area contributed by atoms with E-state index >= 15 is 0 Å². The van der Waals surface area contributed by atoms with Gasteiger partial charge in [-0.1, -0.05) is 30.3 Å². The summed E-state index contributed by atoms with van der Waals surface area (Å²) in [5.41, 5.74) is 2.63. The number of aryl methyl sites for hydroxylation is 1. The Morgan fingerprint density at radius 1 is 1.04 bits per heavy atom. The second-order valence-corrected chi connectivity index (χ2v) is 8.51. The van der Waals surface area contributed by atoms with Crippen molar-refractivity contribution in [1.29, 1.82) is 0 Å². The molecule has 2 aromatic carbocycles. The van der Waals surface area contributed by atoms with Gasteiger partial charge in [0.15, 0.2) is 0 Å². The Morgan fingerprint density at radius 2 is 1.67 bits per heavy atom. The van der Waals surface area contributed by atoms with E-state index in [1.54, 1.807) is 24.8 Å². The van der Waals surface area contributed by atoms with E-state index in [4.69, 9.17) is 5.14 Å². The third-order valence-electron chi connectivity index (χ3n) is 4.49. The third-order valence-corrected chi connectivity index (χ3v) is 5.53. The van der Waals surface area contributed by atoms with Gasteiger partial charge in [-0.15, -0.1) is 0 Å². The highest BCUT2D eigenvalue weighted by Gasteiger charge is 2.21. The smallest absolute Gasteiger partial charge is 0.254 e. The highest BCUT2D eigenvalue weighted by molar-refractivity contribution is 7.89. The summed E-state index contributed by atoms with van der Waals surface area (Å²) in [7, 11) is -0.0118. The third kappa shape index (κ3) is 5.63. The summed E-state index contributed by atoms with van der Waals surface area (Å²) in [6.07, 6.45) is 0. The summed E-state index contributed by atoms with van der Waals surface area (Å²) in [5, 5.41) is 5.33. The number of nitrogens with two attached hydrogens (primary N) is 1. The topological polar surface area (TPSA) is 83.7 Å². The molecule has 0 aromatic heterocycles. The molecule has 146 valence electrons. The maximum Gasteiger partial charge on any atom is 0.254 e. The van der Waals surface area contributed by atoms with E-state index in [2.05, 4.69) is 0 Å². The van der Waals surface area contributed by atoms with Crippen molar-refractivity contribution in [2.24, 2.45) is 5.14 Å². The van der Waals surface area contributed by atoms with Crippen LogP contribution in [-0.2, 0) is 16.6 Å². The van der Waals surface area contributed by atoms with Gasteiger partial charge in [-0.25, -0.2) is 13.6 Å². The first-order valence-electron chi connectivity index (χ1n) is 8.71. The van der Waals surface area contributed by atoms with Gasteiger partial charge in [-0.3, -0.25) is 4.79 Å². The number of primary sulfonamides is 1. The zero-order chi connectivity index (χ0) is 20.2. The summed E-state index contributed by atoms with van der Waals surface area (Å²) >= 11 is 0. The van der Waals surface area contributed by atoms with Crippen LogP contribution in [0.25, 0.3) is 0 Å². The number of carbonyl (C=O) groups is 1. The van der Waals surface area contributed by atoms with Gasteiger partial charge in [0.2, 0.25) is 10.0 Å². The van der Waals surface area contributed by atoms with Gasteiger partial charge in [0.25, 0.3) is 5.91 Å². The number of sulfonamides is 1. The molecule has 0 spiro atoms. The number of carbonyl (C=O) groups excluding carboxylic acids is 1. The molecule has 6 nitrogen and oxygen atoms in total. The fourth-order valence-electron chi connectivity index (χ4n) is 2.81. The zero-order valence-corrected chi connectivity index (χ0v) is 17.1. The molecule has 0 bridgehead atoms. The summed E-state index contributed by atoms with van der Waals surface area (Å²) in [5.74, 6) is -0.214. The van der Waals surface area contributed by atoms with Crippen LogP contribution in [0.15, 0.2) is 47.4 Å². The second kappa shape index (κ2) is 8.65. The number of hydrogen-bond acceptors (Lipinski definition) is 4. The normalized spacial score (nSPS) is 11.6. The van der Waals surface area contributed by atoms with Crippen LogP contribution in [0.3, 0.4) is 0 Å². The monoisotopic (exact) mass is 389 g/mol.